The first-order valence-corrected chi connectivity index (χ1v) is 7.57. The number of fused-ring (bicyclic) bond motifs is 1. The highest BCUT2D eigenvalue weighted by Crippen LogP contribution is 2.34. The molecule has 4 rings (SSSR count). The van der Waals surface area contributed by atoms with Crippen LogP contribution in [0.25, 0.3) is 23.0 Å². The Morgan fingerprint density at radius 1 is 0.913 bits per heavy atom. The number of hydrogen-bond donors (Lipinski definition) is 1. The molecule has 0 aliphatic carbocycles. The lowest BCUT2D eigenvalue weighted by molar-refractivity contribution is -0.110. The number of nitrogens with one attached hydrogen (secondary N) is 1. The smallest absolute Gasteiger partial charge is 0.256 e. The zero-order chi connectivity index (χ0) is 15.8. The summed E-state index contributed by atoms with van der Waals surface area (Å²) in [7, 11) is 0. The van der Waals surface area contributed by atoms with Crippen molar-refractivity contribution in [3.05, 3.63) is 77.0 Å². The molecule has 0 fully saturated rings. The summed E-state index contributed by atoms with van der Waals surface area (Å²) in [6.45, 7) is 0. The van der Waals surface area contributed by atoms with E-state index in [0.717, 1.165) is 16.8 Å². The first kappa shape index (κ1) is 13.9. The van der Waals surface area contributed by atoms with Crippen molar-refractivity contribution < 1.29 is 9.21 Å². The van der Waals surface area contributed by atoms with E-state index in [4.69, 9.17) is 16.0 Å². The Bertz CT molecular complexity index is 940. The second-order valence-electron chi connectivity index (χ2n) is 5.24. The fourth-order valence-corrected chi connectivity index (χ4v) is 2.89. The SMILES string of the molecule is O=C1Nc2ccccc2/C1=C/c1ccc(-c2ccccc2Cl)o1. The minimum atomic E-state index is -0.123. The molecule has 3 nitrogen and oxygen atoms in total. The molecule has 1 aromatic heterocycles. The summed E-state index contributed by atoms with van der Waals surface area (Å²) in [6, 6.07) is 18.8. The van der Waals surface area contributed by atoms with Crippen molar-refractivity contribution in [2.24, 2.45) is 0 Å². The van der Waals surface area contributed by atoms with Crippen molar-refractivity contribution >= 4 is 34.8 Å². The fourth-order valence-electron chi connectivity index (χ4n) is 2.66. The van der Waals surface area contributed by atoms with Crippen LogP contribution < -0.4 is 5.32 Å². The first-order valence-electron chi connectivity index (χ1n) is 7.19. The van der Waals surface area contributed by atoms with Gasteiger partial charge in [-0.25, -0.2) is 0 Å². The van der Waals surface area contributed by atoms with Crippen LogP contribution in [0.15, 0.2) is 65.1 Å². The normalized spacial score (nSPS) is 14.8. The van der Waals surface area contributed by atoms with Crippen molar-refractivity contribution in [1.29, 1.82) is 0 Å². The average Bonchev–Trinajstić information content (AvgIpc) is 3.14. The lowest BCUT2D eigenvalue weighted by Crippen LogP contribution is -2.03. The highest BCUT2D eigenvalue weighted by atomic mass is 35.5. The van der Waals surface area contributed by atoms with Crippen LogP contribution in [0.1, 0.15) is 11.3 Å². The standard InChI is InChI=1S/C19H12ClNO2/c20-16-7-3-1-6-14(16)18-10-9-12(23-18)11-15-13-5-2-4-8-17(13)21-19(15)22/h1-11H,(H,21,22)/b15-11-. The van der Waals surface area contributed by atoms with Crippen molar-refractivity contribution in [3.8, 4) is 11.3 Å². The number of furan rings is 1. The van der Waals surface area contributed by atoms with Gasteiger partial charge in [0.15, 0.2) is 0 Å². The molecule has 0 radical (unpaired) electrons. The van der Waals surface area contributed by atoms with Gasteiger partial charge in [-0.3, -0.25) is 4.79 Å². The summed E-state index contributed by atoms with van der Waals surface area (Å²) < 4.78 is 5.83. The van der Waals surface area contributed by atoms with E-state index in [1.165, 1.54) is 0 Å². The number of carbonyl (C=O) groups is 1. The number of halogens is 1. The average molecular weight is 322 g/mol. The van der Waals surface area contributed by atoms with Crippen LogP contribution in [0, 0.1) is 0 Å². The molecule has 112 valence electrons. The number of amides is 1. The second-order valence-corrected chi connectivity index (χ2v) is 5.65. The Morgan fingerprint density at radius 3 is 2.48 bits per heavy atom. The molecule has 1 amide bonds. The maximum absolute atomic E-state index is 12.1. The molecule has 1 aliphatic rings. The van der Waals surface area contributed by atoms with Crippen LogP contribution in [0.5, 0.6) is 0 Å². The minimum Gasteiger partial charge on any atom is -0.457 e. The molecule has 1 N–H and O–H groups in total. The quantitative estimate of drug-likeness (QED) is 0.668. The number of para-hydroxylation sites is 1. The summed E-state index contributed by atoms with van der Waals surface area (Å²) >= 11 is 6.19. The van der Waals surface area contributed by atoms with E-state index in [1.54, 1.807) is 6.08 Å². The monoisotopic (exact) mass is 321 g/mol. The third kappa shape index (κ3) is 2.45. The van der Waals surface area contributed by atoms with Crippen LogP contribution in [0.4, 0.5) is 5.69 Å². The Labute approximate surface area is 138 Å². The molecule has 23 heavy (non-hydrogen) atoms. The third-order valence-electron chi connectivity index (χ3n) is 3.76. The van der Waals surface area contributed by atoms with Gasteiger partial charge in [0, 0.05) is 16.8 Å². The van der Waals surface area contributed by atoms with Crippen molar-refractivity contribution in [1.82, 2.24) is 0 Å². The highest BCUT2D eigenvalue weighted by molar-refractivity contribution is 6.35. The van der Waals surface area contributed by atoms with Gasteiger partial charge in [0.2, 0.25) is 0 Å². The van der Waals surface area contributed by atoms with Crippen LogP contribution in [0.2, 0.25) is 5.02 Å². The molecular weight excluding hydrogens is 310 g/mol. The van der Waals surface area contributed by atoms with Gasteiger partial charge in [0.25, 0.3) is 5.91 Å². The number of anilines is 1. The Morgan fingerprint density at radius 2 is 1.65 bits per heavy atom. The minimum absolute atomic E-state index is 0.123. The van der Waals surface area contributed by atoms with Gasteiger partial charge < -0.3 is 9.73 Å². The molecule has 0 atom stereocenters. The van der Waals surface area contributed by atoms with E-state index >= 15 is 0 Å². The zero-order valence-corrected chi connectivity index (χ0v) is 12.8. The van der Waals surface area contributed by atoms with Gasteiger partial charge in [-0.2, -0.15) is 0 Å². The topological polar surface area (TPSA) is 42.2 Å². The van der Waals surface area contributed by atoms with Gasteiger partial charge in [-0.05, 0) is 36.4 Å². The predicted octanol–water partition coefficient (Wildman–Crippen LogP) is 5.09. The summed E-state index contributed by atoms with van der Waals surface area (Å²) in [4.78, 5) is 12.1. The van der Waals surface area contributed by atoms with E-state index < -0.39 is 0 Å². The van der Waals surface area contributed by atoms with E-state index in [-0.39, 0.29) is 5.91 Å². The molecule has 4 heteroatoms. The van der Waals surface area contributed by atoms with E-state index in [0.29, 0.717) is 22.1 Å². The second kappa shape index (κ2) is 5.45. The van der Waals surface area contributed by atoms with E-state index in [2.05, 4.69) is 5.32 Å². The fraction of sp³-hybridized carbons (Fsp3) is 0. The van der Waals surface area contributed by atoms with Gasteiger partial charge >= 0.3 is 0 Å². The van der Waals surface area contributed by atoms with Crippen molar-refractivity contribution in [2.75, 3.05) is 5.32 Å². The summed E-state index contributed by atoms with van der Waals surface area (Å²) in [5.41, 5.74) is 3.13. The van der Waals surface area contributed by atoms with Gasteiger partial charge in [0.1, 0.15) is 11.5 Å². The van der Waals surface area contributed by atoms with Crippen LogP contribution >= 0.6 is 11.6 Å². The first-order chi connectivity index (χ1) is 11.2. The lowest BCUT2D eigenvalue weighted by atomic mass is 10.1. The molecule has 0 saturated carbocycles. The van der Waals surface area contributed by atoms with E-state index in [9.17, 15) is 4.79 Å². The van der Waals surface area contributed by atoms with Gasteiger partial charge in [-0.15, -0.1) is 0 Å². The number of carbonyl (C=O) groups excluding carboxylic acids is 1. The maximum Gasteiger partial charge on any atom is 0.256 e. The van der Waals surface area contributed by atoms with Crippen molar-refractivity contribution in [3.63, 3.8) is 0 Å². The molecule has 3 aromatic rings. The molecule has 0 bridgehead atoms. The molecule has 1 aliphatic heterocycles. The van der Waals surface area contributed by atoms with Crippen molar-refractivity contribution in [2.45, 2.75) is 0 Å². The highest BCUT2D eigenvalue weighted by Gasteiger charge is 2.23. The summed E-state index contributed by atoms with van der Waals surface area (Å²) in [5, 5.41) is 3.47. The predicted molar refractivity (Wildman–Crippen MR) is 92.1 cm³/mol. The number of rotatable bonds is 2. The van der Waals surface area contributed by atoms with E-state index in [1.807, 2.05) is 60.7 Å². The molecule has 2 aromatic carbocycles. The summed E-state index contributed by atoms with van der Waals surface area (Å²) in [6.07, 6.45) is 1.75. The van der Waals surface area contributed by atoms with Gasteiger partial charge in [-0.1, -0.05) is 41.9 Å². The van der Waals surface area contributed by atoms with Gasteiger partial charge in [0.05, 0.1) is 10.6 Å². The van der Waals surface area contributed by atoms with Crippen LogP contribution in [0.3, 0.4) is 0 Å². The summed E-state index contributed by atoms with van der Waals surface area (Å²) in [5.74, 6) is 1.16. The molecule has 0 saturated heterocycles. The van der Waals surface area contributed by atoms with Crippen LogP contribution in [-0.4, -0.2) is 5.91 Å². The molecule has 0 spiro atoms. The Balaban J connectivity index is 1.74. The largest absolute Gasteiger partial charge is 0.457 e. The Hall–Kier alpha value is -2.78. The number of benzene rings is 2. The van der Waals surface area contributed by atoms with Crippen LogP contribution in [-0.2, 0) is 4.79 Å². The zero-order valence-electron chi connectivity index (χ0n) is 12.0. The lowest BCUT2D eigenvalue weighted by Gasteiger charge is -1.99. The molecule has 2 heterocycles. The molecule has 0 unspecified atom stereocenters. The Kier molecular flexibility index (Phi) is 3.28. The third-order valence-corrected chi connectivity index (χ3v) is 4.09. The number of hydrogen-bond acceptors (Lipinski definition) is 2. The maximum atomic E-state index is 12.1. The molecular formula is C19H12ClNO2.